The molecule has 1 saturated heterocycles. The minimum absolute atomic E-state index is 0.325. The monoisotopic (exact) mass is 248 g/mol. The standard InChI is InChI=1S/C14H13ClO2/c1-16-13-5-3-10-6-12(4-2-11(10)7-13)14(15)8-17-9-14/h2-7H,8-9H2,1H3. The first-order chi connectivity index (χ1) is 8.21. The van der Waals surface area contributed by atoms with Gasteiger partial charge in [0.2, 0.25) is 0 Å². The molecular formula is C14H13ClO2. The third kappa shape index (κ3) is 1.78. The first-order valence-electron chi connectivity index (χ1n) is 5.56. The van der Waals surface area contributed by atoms with Crippen LogP contribution in [-0.4, -0.2) is 20.3 Å². The van der Waals surface area contributed by atoms with E-state index in [4.69, 9.17) is 21.1 Å². The van der Waals surface area contributed by atoms with Gasteiger partial charge < -0.3 is 9.47 Å². The lowest BCUT2D eigenvalue weighted by molar-refractivity contribution is -0.0151. The maximum atomic E-state index is 6.44. The van der Waals surface area contributed by atoms with Crippen molar-refractivity contribution in [3.63, 3.8) is 0 Å². The number of benzene rings is 2. The van der Waals surface area contributed by atoms with E-state index < -0.39 is 0 Å². The molecule has 3 heteroatoms. The molecule has 0 aliphatic carbocycles. The number of rotatable bonds is 2. The highest BCUT2D eigenvalue weighted by molar-refractivity contribution is 6.25. The van der Waals surface area contributed by atoms with Crippen LogP contribution in [0.4, 0.5) is 0 Å². The van der Waals surface area contributed by atoms with Crippen LogP contribution >= 0.6 is 11.6 Å². The van der Waals surface area contributed by atoms with Crippen LogP contribution in [-0.2, 0) is 9.61 Å². The van der Waals surface area contributed by atoms with E-state index in [9.17, 15) is 0 Å². The predicted octanol–water partition coefficient (Wildman–Crippen LogP) is 3.31. The van der Waals surface area contributed by atoms with Crippen molar-refractivity contribution >= 4 is 22.4 Å². The number of methoxy groups -OCH3 is 1. The molecule has 1 aliphatic rings. The molecule has 2 nitrogen and oxygen atoms in total. The molecule has 0 amide bonds. The summed E-state index contributed by atoms with van der Waals surface area (Å²) in [5.41, 5.74) is 1.13. The van der Waals surface area contributed by atoms with Crippen LogP contribution < -0.4 is 4.74 Å². The Labute approximate surface area is 105 Å². The molecule has 0 radical (unpaired) electrons. The molecule has 88 valence electrons. The average Bonchev–Trinajstić information content (AvgIpc) is 2.34. The van der Waals surface area contributed by atoms with Gasteiger partial charge in [-0.15, -0.1) is 11.6 Å². The number of alkyl halides is 1. The van der Waals surface area contributed by atoms with Gasteiger partial charge in [0.05, 0.1) is 20.3 Å². The molecule has 0 aromatic heterocycles. The molecule has 0 bridgehead atoms. The van der Waals surface area contributed by atoms with Crippen LogP contribution in [0, 0.1) is 0 Å². The van der Waals surface area contributed by atoms with Crippen LogP contribution in [0.5, 0.6) is 5.75 Å². The molecule has 0 saturated carbocycles. The van der Waals surface area contributed by atoms with E-state index in [2.05, 4.69) is 24.3 Å². The Kier molecular flexibility index (Phi) is 2.49. The summed E-state index contributed by atoms with van der Waals surface area (Å²) in [5.74, 6) is 0.873. The quantitative estimate of drug-likeness (QED) is 0.759. The first-order valence-corrected chi connectivity index (χ1v) is 5.94. The van der Waals surface area contributed by atoms with Gasteiger partial charge in [-0.3, -0.25) is 0 Å². The van der Waals surface area contributed by atoms with Crippen LogP contribution in [0.1, 0.15) is 5.56 Å². The Hall–Kier alpha value is -1.25. The fourth-order valence-electron chi connectivity index (χ4n) is 2.08. The third-order valence-corrected chi connectivity index (χ3v) is 3.66. The van der Waals surface area contributed by atoms with Crippen molar-refractivity contribution in [3.8, 4) is 5.75 Å². The summed E-state index contributed by atoms with van der Waals surface area (Å²) in [6.45, 7) is 1.19. The van der Waals surface area contributed by atoms with Crippen molar-refractivity contribution in [3.05, 3.63) is 42.0 Å². The molecule has 1 heterocycles. The van der Waals surface area contributed by atoms with Crippen molar-refractivity contribution in [1.82, 2.24) is 0 Å². The maximum Gasteiger partial charge on any atom is 0.119 e. The van der Waals surface area contributed by atoms with Gasteiger partial charge in [0.25, 0.3) is 0 Å². The molecule has 0 spiro atoms. The third-order valence-electron chi connectivity index (χ3n) is 3.23. The molecule has 1 aliphatic heterocycles. The van der Waals surface area contributed by atoms with Gasteiger partial charge >= 0.3 is 0 Å². The average molecular weight is 249 g/mol. The van der Waals surface area contributed by atoms with Gasteiger partial charge in [0.15, 0.2) is 0 Å². The summed E-state index contributed by atoms with van der Waals surface area (Å²) in [6.07, 6.45) is 0. The molecular weight excluding hydrogens is 236 g/mol. The summed E-state index contributed by atoms with van der Waals surface area (Å²) >= 11 is 6.44. The lowest BCUT2D eigenvalue weighted by Crippen LogP contribution is -2.41. The zero-order chi connectivity index (χ0) is 11.9. The van der Waals surface area contributed by atoms with Gasteiger partial charge in [0, 0.05) is 0 Å². The highest BCUT2D eigenvalue weighted by Crippen LogP contribution is 2.38. The van der Waals surface area contributed by atoms with Gasteiger partial charge in [-0.25, -0.2) is 0 Å². The van der Waals surface area contributed by atoms with Crippen molar-refractivity contribution in [2.45, 2.75) is 4.87 Å². The molecule has 0 atom stereocenters. The van der Waals surface area contributed by atoms with Crippen LogP contribution in [0.25, 0.3) is 10.8 Å². The highest BCUT2D eigenvalue weighted by Gasteiger charge is 2.38. The predicted molar refractivity (Wildman–Crippen MR) is 68.9 cm³/mol. The summed E-state index contributed by atoms with van der Waals surface area (Å²) in [5, 5.41) is 2.34. The zero-order valence-electron chi connectivity index (χ0n) is 9.57. The molecule has 17 heavy (non-hydrogen) atoms. The topological polar surface area (TPSA) is 18.5 Å². The smallest absolute Gasteiger partial charge is 0.119 e. The van der Waals surface area contributed by atoms with Crippen LogP contribution in [0.2, 0.25) is 0 Å². The summed E-state index contributed by atoms with van der Waals surface area (Å²) in [6, 6.07) is 12.3. The van der Waals surface area contributed by atoms with E-state index in [0.29, 0.717) is 13.2 Å². The fourth-order valence-corrected chi connectivity index (χ4v) is 2.35. The second-order valence-corrected chi connectivity index (χ2v) is 5.11. The Bertz CT molecular complexity index is 561. The number of fused-ring (bicyclic) bond motifs is 1. The Morgan fingerprint density at radius 2 is 1.82 bits per heavy atom. The lowest BCUT2D eigenvalue weighted by atomic mass is 9.94. The SMILES string of the molecule is COc1ccc2cc(C3(Cl)COC3)ccc2c1. The Morgan fingerprint density at radius 3 is 2.47 bits per heavy atom. The second-order valence-electron chi connectivity index (χ2n) is 4.39. The molecule has 2 aromatic carbocycles. The molecule has 0 unspecified atom stereocenters. The minimum atomic E-state index is -0.325. The summed E-state index contributed by atoms with van der Waals surface area (Å²) < 4.78 is 10.4. The van der Waals surface area contributed by atoms with E-state index in [1.165, 1.54) is 5.39 Å². The van der Waals surface area contributed by atoms with E-state index in [0.717, 1.165) is 16.7 Å². The van der Waals surface area contributed by atoms with Crippen molar-refractivity contribution in [1.29, 1.82) is 0 Å². The van der Waals surface area contributed by atoms with Gasteiger partial charge in [-0.1, -0.05) is 18.2 Å². The van der Waals surface area contributed by atoms with Gasteiger partial charge in [-0.05, 0) is 34.5 Å². The fraction of sp³-hybridized carbons (Fsp3) is 0.286. The number of hydrogen-bond acceptors (Lipinski definition) is 2. The van der Waals surface area contributed by atoms with Crippen molar-refractivity contribution < 1.29 is 9.47 Å². The van der Waals surface area contributed by atoms with Crippen molar-refractivity contribution in [2.75, 3.05) is 20.3 Å². The first kappa shape index (κ1) is 10.9. The summed E-state index contributed by atoms with van der Waals surface area (Å²) in [4.78, 5) is -0.325. The van der Waals surface area contributed by atoms with Crippen molar-refractivity contribution in [2.24, 2.45) is 0 Å². The number of ether oxygens (including phenoxy) is 2. The Balaban J connectivity index is 2.07. The van der Waals surface area contributed by atoms with Gasteiger partial charge in [-0.2, -0.15) is 0 Å². The lowest BCUT2D eigenvalue weighted by Gasteiger charge is -2.36. The highest BCUT2D eigenvalue weighted by atomic mass is 35.5. The second kappa shape index (κ2) is 3.90. The van der Waals surface area contributed by atoms with E-state index in [1.807, 2.05) is 12.1 Å². The molecule has 1 fully saturated rings. The maximum absolute atomic E-state index is 6.44. The van der Waals surface area contributed by atoms with E-state index in [1.54, 1.807) is 7.11 Å². The van der Waals surface area contributed by atoms with Gasteiger partial charge in [0.1, 0.15) is 10.6 Å². The normalized spacial score (nSPS) is 17.8. The van der Waals surface area contributed by atoms with Crippen LogP contribution in [0.3, 0.4) is 0 Å². The van der Waals surface area contributed by atoms with E-state index in [-0.39, 0.29) is 4.87 Å². The number of halogens is 1. The number of hydrogen-bond donors (Lipinski definition) is 0. The molecule has 2 aromatic rings. The molecule has 0 N–H and O–H groups in total. The minimum Gasteiger partial charge on any atom is -0.497 e. The summed E-state index contributed by atoms with van der Waals surface area (Å²) in [7, 11) is 1.68. The molecule has 3 rings (SSSR count). The largest absolute Gasteiger partial charge is 0.497 e. The zero-order valence-corrected chi connectivity index (χ0v) is 10.3. The van der Waals surface area contributed by atoms with Crippen LogP contribution in [0.15, 0.2) is 36.4 Å². The Morgan fingerprint density at radius 1 is 1.12 bits per heavy atom. The van der Waals surface area contributed by atoms with E-state index >= 15 is 0 Å².